The summed E-state index contributed by atoms with van der Waals surface area (Å²) in [5.41, 5.74) is 0.347. The maximum atomic E-state index is 10.1. The average Bonchev–Trinajstić information content (AvgIpc) is 2.21. The number of hydrogen-bond donors (Lipinski definition) is 1. The van der Waals surface area contributed by atoms with E-state index >= 15 is 0 Å². The molecule has 0 unspecified atom stereocenters. The summed E-state index contributed by atoms with van der Waals surface area (Å²) in [6.45, 7) is 4.00. The molecule has 78 valence electrons. The normalized spacial score (nSPS) is 11.7. The maximum absolute atomic E-state index is 10.1. The standard InChI is InChI=1S/C11H16BrNO/c1-3-11(14,4-2)7-10-6-5-9(12)8-13-10/h5-6,8,14H,3-4,7H2,1-2H3. The van der Waals surface area contributed by atoms with Crippen LogP contribution in [0.3, 0.4) is 0 Å². The van der Waals surface area contributed by atoms with E-state index in [-0.39, 0.29) is 0 Å². The lowest BCUT2D eigenvalue weighted by Crippen LogP contribution is -2.29. The van der Waals surface area contributed by atoms with Crippen LogP contribution in [0, 0.1) is 0 Å². The van der Waals surface area contributed by atoms with Gasteiger partial charge >= 0.3 is 0 Å². The van der Waals surface area contributed by atoms with Crippen LogP contribution in [0.15, 0.2) is 22.8 Å². The van der Waals surface area contributed by atoms with E-state index in [9.17, 15) is 5.11 Å². The van der Waals surface area contributed by atoms with Crippen molar-refractivity contribution in [2.24, 2.45) is 0 Å². The van der Waals surface area contributed by atoms with Gasteiger partial charge in [0.15, 0.2) is 0 Å². The van der Waals surface area contributed by atoms with Gasteiger partial charge in [-0.3, -0.25) is 4.98 Å². The zero-order valence-electron chi connectivity index (χ0n) is 8.63. The van der Waals surface area contributed by atoms with Crippen LogP contribution in [0.5, 0.6) is 0 Å². The third-order valence-corrected chi connectivity index (χ3v) is 3.08. The highest BCUT2D eigenvalue weighted by molar-refractivity contribution is 9.10. The Hall–Kier alpha value is -0.410. The van der Waals surface area contributed by atoms with Crippen molar-refractivity contribution in [2.75, 3.05) is 0 Å². The second-order valence-corrected chi connectivity index (χ2v) is 4.49. The fourth-order valence-electron chi connectivity index (χ4n) is 1.35. The van der Waals surface area contributed by atoms with Crippen molar-refractivity contribution in [1.82, 2.24) is 4.98 Å². The summed E-state index contributed by atoms with van der Waals surface area (Å²) in [6.07, 6.45) is 3.93. The molecule has 0 aliphatic rings. The minimum absolute atomic E-state index is 0.596. The molecule has 0 bridgehead atoms. The molecule has 1 rings (SSSR count). The van der Waals surface area contributed by atoms with Crippen LogP contribution in [0.4, 0.5) is 0 Å². The van der Waals surface area contributed by atoms with Crippen LogP contribution >= 0.6 is 15.9 Å². The van der Waals surface area contributed by atoms with Gasteiger partial charge in [0.05, 0.1) is 5.60 Å². The van der Waals surface area contributed by atoms with Gasteiger partial charge < -0.3 is 5.11 Å². The Morgan fingerprint density at radius 3 is 2.43 bits per heavy atom. The zero-order valence-corrected chi connectivity index (χ0v) is 10.2. The number of aliphatic hydroxyl groups is 1. The molecule has 0 saturated heterocycles. The molecule has 1 aromatic heterocycles. The first-order chi connectivity index (χ1) is 6.59. The molecule has 1 heterocycles. The van der Waals surface area contributed by atoms with E-state index in [4.69, 9.17) is 0 Å². The van der Waals surface area contributed by atoms with Crippen molar-refractivity contribution < 1.29 is 5.11 Å². The molecule has 0 spiro atoms. The van der Waals surface area contributed by atoms with Gasteiger partial charge in [-0.1, -0.05) is 13.8 Å². The minimum atomic E-state index is -0.596. The zero-order chi connectivity index (χ0) is 10.6. The van der Waals surface area contributed by atoms with E-state index < -0.39 is 5.60 Å². The molecule has 0 atom stereocenters. The monoisotopic (exact) mass is 257 g/mol. The van der Waals surface area contributed by atoms with Crippen molar-refractivity contribution >= 4 is 15.9 Å². The Labute approximate surface area is 93.5 Å². The van der Waals surface area contributed by atoms with Gasteiger partial charge in [-0.15, -0.1) is 0 Å². The van der Waals surface area contributed by atoms with Crippen LogP contribution in [-0.2, 0) is 6.42 Å². The molecule has 0 amide bonds. The lowest BCUT2D eigenvalue weighted by Gasteiger charge is -2.24. The van der Waals surface area contributed by atoms with Gasteiger partial charge in [-0.05, 0) is 40.9 Å². The first kappa shape index (κ1) is 11.7. The summed E-state index contributed by atoms with van der Waals surface area (Å²) in [5, 5.41) is 10.1. The molecule has 1 aromatic rings. The van der Waals surface area contributed by atoms with Crippen molar-refractivity contribution in [3.05, 3.63) is 28.5 Å². The van der Waals surface area contributed by atoms with Crippen LogP contribution in [0.25, 0.3) is 0 Å². The Bertz CT molecular complexity index is 280. The maximum Gasteiger partial charge on any atom is 0.0697 e. The Morgan fingerprint density at radius 2 is 2.00 bits per heavy atom. The lowest BCUT2D eigenvalue weighted by atomic mass is 9.92. The SMILES string of the molecule is CCC(O)(CC)Cc1ccc(Br)cn1. The predicted octanol–water partition coefficient (Wildman–Crippen LogP) is 2.94. The van der Waals surface area contributed by atoms with Gasteiger partial charge in [0.1, 0.15) is 0 Å². The van der Waals surface area contributed by atoms with Gasteiger partial charge in [-0.2, -0.15) is 0 Å². The second-order valence-electron chi connectivity index (χ2n) is 3.58. The summed E-state index contributed by atoms with van der Waals surface area (Å²) in [4.78, 5) is 4.25. The fourth-order valence-corrected chi connectivity index (χ4v) is 1.58. The van der Waals surface area contributed by atoms with Crippen molar-refractivity contribution in [3.8, 4) is 0 Å². The van der Waals surface area contributed by atoms with Crippen molar-refractivity contribution in [2.45, 2.75) is 38.7 Å². The summed E-state index contributed by atoms with van der Waals surface area (Å²) >= 11 is 3.33. The van der Waals surface area contributed by atoms with Crippen molar-refractivity contribution in [3.63, 3.8) is 0 Å². The molecule has 0 aromatic carbocycles. The molecule has 0 radical (unpaired) electrons. The second kappa shape index (κ2) is 4.89. The van der Waals surface area contributed by atoms with E-state index in [0.29, 0.717) is 6.42 Å². The van der Waals surface area contributed by atoms with Crippen LogP contribution < -0.4 is 0 Å². The third kappa shape index (κ3) is 3.07. The molecule has 0 fully saturated rings. The van der Waals surface area contributed by atoms with Crippen LogP contribution in [-0.4, -0.2) is 15.7 Å². The summed E-state index contributed by atoms with van der Waals surface area (Å²) in [5.74, 6) is 0. The Morgan fingerprint density at radius 1 is 1.36 bits per heavy atom. The van der Waals surface area contributed by atoms with Gasteiger partial charge in [0.25, 0.3) is 0 Å². The molecular weight excluding hydrogens is 242 g/mol. The number of pyridine rings is 1. The quantitative estimate of drug-likeness (QED) is 0.900. The highest BCUT2D eigenvalue weighted by Gasteiger charge is 2.22. The molecular formula is C11H16BrNO. The van der Waals surface area contributed by atoms with E-state index in [1.54, 1.807) is 6.20 Å². The average molecular weight is 258 g/mol. The Balaban J connectivity index is 2.72. The minimum Gasteiger partial charge on any atom is -0.390 e. The molecule has 14 heavy (non-hydrogen) atoms. The van der Waals surface area contributed by atoms with E-state index in [1.807, 2.05) is 26.0 Å². The van der Waals surface area contributed by atoms with Crippen LogP contribution in [0.2, 0.25) is 0 Å². The van der Waals surface area contributed by atoms with Gasteiger partial charge in [-0.25, -0.2) is 0 Å². The molecule has 0 aliphatic heterocycles. The number of hydrogen-bond acceptors (Lipinski definition) is 2. The first-order valence-corrected chi connectivity index (χ1v) is 5.72. The summed E-state index contributed by atoms with van der Waals surface area (Å²) < 4.78 is 0.970. The van der Waals surface area contributed by atoms with E-state index in [0.717, 1.165) is 23.0 Å². The van der Waals surface area contributed by atoms with Crippen molar-refractivity contribution in [1.29, 1.82) is 0 Å². The van der Waals surface area contributed by atoms with Gasteiger partial charge in [0.2, 0.25) is 0 Å². The van der Waals surface area contributed by atoms with E-state index in [2.05, 4.69) is 20.9 Å². The number of nitrogens with zero attached hydrogens (tertiary/aromatic N) is 1. The molecule has 0 saturated carbocycles. The van der Waals surface area contributed by atoms with E-state index in [1.165, 1.54) is 0 Å². The first-order valence-electron chi connectivity index (χ1n) is 4.92. The molecule has 0 aliphatic carbocycles. The molecule has 1 N–H and O–H groups in total. The topological polar surface area (TPSA) is 33.1 Å². The smallest absolute Gasteiger partial charge is 0.0697 e. The highest BCUT2D eigenvalue weighted by atomic mass is 79.9. The fraction of sp³-hybridized carbons (Fsp3) is 0.545. The largest absolute Gasteiger partial charge is 0.390 e. The summed E-state index contributed by atoms with van der Waals surface area (Å²) in [7, 11) is 0. The summed E-state index contributed by atoms with van der Waals surface area (Å²) in [6, 6.07) is 3.90. The molecule has 2 nitrogen and oxygen atoms in total. The predicted molar refractivity (Wildman–Crippen MR) is 61.2 cm³/mol. The molecule has 3 heteroatoms. The van der Waals surface area contributed by atoms with Gasteiger partial charge in [0, 0.05) is 22.8 Å². The highest BCUT2D eigenvalue weighted by Crippen LogP contribution is 2.20. The number of aromatic nitrogens is 1. The number of halogens is 1. The number of rotatable bonds is 4. The third-order valence-electron chi connectivity index (χ3n) is 2.62. The lowest BCUT2D eigenvalue weighted by molar-refractivity contribution is 0.0317. The van der Waals surface area contributed by atoms with Crippen LogP contribution in [0.1, 0.15) is 32.4 Å². The Kier molecular flexibility index (Phi) is 4.08.